The molecule has 0 amide bonds. The van der Waals surface area contributed by atoms with Crippen molar-refractivity contribution >= 4 is 11.6 Å². The second-order valence-corrected chi connectivity index (χ2v) is 5.72. The van der Waals surface area contributed by atoms with E-state index in [1.807, 2.05) is 0 Å². The highest BCUT2D eigenvalue weighted by Crippen LogP contribution is 2.19. The van der Waals surface area contributed by atoms with Gasteiger partial charge in [-0.3, -0.25) is 23.5 Å². The molecule has 2 aromatic heterocycles. The van der Waals surface area contributed by atoms with Crippen LogP contribution in [-0.4, -0.2) is 25.7 Å². The van der Waals surface area contributed by atoms with Crippen molar-refractivity contribution in [3.8, 4) is 6.07 Å². The third-order valence-electron chi connectivity index (χ3n) is 4.07. The van der Waals surface area contributed by atoms with E-state index in [4.69, 9.17) is 5.26 Å². The second-order valence-electron chi connectivity index (χ2n) is 5.72. The van der Waals surface area contributed by atoms with Crippen molar-refractivity contribution in [3.05, 3.63) is 55.1 Å². The van der Waals surface area contributed by atoms with Gasteiger partial charge in [0.1, 0.15) is 11.6 Å². The predicted octanol–water partition coefficient (Wildman–Crippen LogP) is 0.932. The molecule has 0 aliphatic rings. The van der Waals surface area contributed by atoms with Crippen LogP contribution in [0, 0.1) is 25.2 Å². The summed E-state index contributed by atoms with van der Waals surface area (Å²) < 4.78 is 1.94. The highest BCUT2D eigenvalue weighted by molar-refractivity contribution is 6.03. The monoisotopic (exact) mass is 342 g/mol. The number of H-pyrrole nitrogens is 1. The van der Waals surface area contributed by atoms with Crippen molar-refractivity contribution in [2.45, 2.75) is 40.8 Å². The average Bonchev–Trinajstić information content (AvgIpc) is 2.86. The number of hydrogen-bond acceptors (Lipinski definition) is 5. The molecule has 8 nitrogen and oxygen atoms in total. The zero-order valence-corrected chi connectivity index (χ0v) is 14.5. The molecule has 0 aliphatic heterocycles. The summed E-state index contributed by atoms with van der Waals surface area (Å²) in [5.41, 5.74) is -0.0384. The Morgan fingerprint density at radius 1 is 1.28 bits per heavy atom. The molecular formula is C17H18N4O4. The van der Waals surface area contributed by atoms with Crippen LogP contribution in [0.3, 0.4) is 0 Å². The average molecular weight is 342 g/mol. The molecule has 2 heterocycles. The number of nitrogens with one attached hydrogen (secondary N) is 1. The Kier molecular flexibility index (Phi) is 4.88. The number of Topliss-reactive ketones (excluding diaryl/α,β-unsaturated/α-hetero) is 2. The Labute approximate surface area is 143 Å². The van der Waals surface area contributed by atoms with Crippen molar-refractivity contribution in [2.75, 3.05) is 0 Å². The van der Waals surface area contributed by atoms with Gasteiger partial charge < -0.3 is 4.98 Å². The van der Waals surface area contributed by atoms with Crippen LogP contribution in [0.15, 0.2) is 15.8 Å². The standard InChI is InChI=1S/C17H18N4O4/c1-5-20-7-12(6-18)16(24)21(17(20)25)8-13(23)15-9(2)14(11(4)22)10(3)19-15/h7,19H,5,8H2,1-4H3. The normalized spacial score (nSPS) is 10.5. The van der Waals surface area contributed by atoms with Gasteiger partial charge in [-0.25, -0.2) is 4.79 Å². The molecule has 0 aromatic carbocycles. The molecule has 0 atom stereocenters. The topological polar surface area (TPSA) is 118 Å². The fraction of sp³-hybridized carbons (Fsp3) is 0.353. The summed E-state index contributed by atoms with van der Waals surface area (Å²) in [6, 6.07) is 1.73. The summed E-state index contributed by atoms with van der Waals surface area (Å²) in [6.45, 7) is 6.15. The fourth-order valence-corrected chi connectivity index (χ4v) is 2.88. The van der Waals surface area contributed by atoms with Crippen LogP contribution in [0.2, 0.25) is 0 Å². The van der Waals surface area contributed by atoms with Crippen molar-refractivity contribution in [2.24, 2.45) is 0 Å². The molecule has 0 fully saturated rings. The minimum absolute atomic E-state index is 0.178. The van der Waals surface area contributed by atoms with Gasteiger partial charge in [0.05, 0.1) is 12.2 Å². The second kappa shape index (κ2) is 6.73. The van der Waals surface area contributed by atoms with Crippen LogP contribution in [0.25, 0.3) is 0 Å². The number of nitriles is 1. The Bertz CT molecular complexity index is 1030. The van der Waals surface area contributed by atoms with E-state index in [0.29, 0.717) is 16.8 Å². The summed E-state index contributed by atoms with van der Waals surface area (Å²) in [5, 5.41) is 9.04. The number of ketones is 2. The summed E-state index contributed by atoms with van der Waals surface area (Å²) in [5.74, 6) is -0.688. The molecule has 0 saturated heterocycles. The molecule has 8 heteroatoms. The highest BCUT2D eigenvalue weighted by Gasteiger charge is 2.21. The van der Waals surface area contributed by atoms with E-state index >= 15 is 0 Å². The van der Waals surface area contributed by atoms with Crippen molar-refractivity contribution < 1.29 is 9.59 Å². The van der Waals surface area contributed by atoms with Crippen LogP contribution in [0.4, 0.5) is 0 Å². The summed E-state index contributed by atoms with van der Waals surface area (Å²) >= 11 is 0. The van der Waals surface area contributed by atoms with Crippen LogP contribution in [-0.2, 0) is 13.1 Å². The van der Waals surface area contributed by atoms with Gasteiger partial charge >= 0.3 is 5.69 Å². The summed E-state index contributed by atoms with van der Waals surface area (Å²) in [6.07, 6.45) is 1.18. The third kappa shape index (κ3) is 3.08. The lowest BCUT2D eigenvalue weighted by molar-refractivity contribution is 0.0963. The van der Waals surface area contributed by atoms with Gasteiger partial charge in [-0.1, -0.05) is 0 Å². The Morgan fingerprint density at radius 3 is 2.40 bits per heavy atom. The van der Waals surface area contributed by atoms with Crippen molar-refractivity contribution in [3.63, 3.8) is 0 Å². The van der Waals surface area contributed by atoms with Crippen LogP contribution in [0.1, 0.15) is 51.5 Å². The quantitative estimate of drug-likeness (QED) is 0.811. The molecule has 0 saturated carbocycles. The summed E-state index contributed by atoms with van der Waals surface area (Å²) in [4.78, 5) is 51.7. The fourth-order valence-electron chi connectivity index (χ4n) is 2.88. The lowest BCUT2D eigenvalue weighted by atomic mass is 10.1. The molecule has 2 rings (SSSR count). The molecular weight excluding hydrogens is 324 g/mol. The van der Waals surface area contributed by atoms with E-state index in [1.165, 1.54) is 17.7 Å². The van der Waals surface area contributed by atoms with Crippen LogP contribution < -0.4 is 11.2 Å². The van der Waals surface area contributed by atoms with Gasteiger partial charge in [-0.2, -0.15) is 5.26 Å². The lowest BCUT2D eigenvalue weighted by Gasteiger charge is -2.09. The molecule has 2 aromatic rings. The number of carbonyl (C=O) groups excluding carboxylic acids is 2. The molecule has 1 N–H and O–H groups in total. The number of rotatable bonds is 5. The zero-order chi connectivity index (χ0) is 18.9. The van der Waals surface area contributed by atoms with Gasteiger partial charge in [0.25, 0.3) is 5.56 Å². The van der Waals surface area contributed by atoms with E-state index in [1.54, 1.807) is 26.8 Å². The Balaban J connectivity index is 2.55. The number of aromatic amines is 1. The van der Waals surface area contributed by atoms with Gasteiger partial charge in [0.2, 0.25) is 0 Å². The largest absolute Gasteiger partial charge is 0.355 e. The molecule has 130 valence electrons. The molecule has 0 spiro atoms. The Hall–Kier alpha value is -3.21. The first-order valence-electron chi connectivity index (χ1n) is 7.70. The molecule has 25 heavy (non-hydrogen) atoms. The molecule has 0 bridgehead atoms. The van der Waals surface area contributed by atoms with E-state index in [9.17, 15) is 19.2 Å². The molecule has 0 unspecified atom stereocenters. The predicted molar refractivity (Wildman–Crippen MR) is 90.0 cm³/mol. The maximum Gasteiger partial charge on any atom is 0.331 e. The van der Waals surface area contributed by atoms with Gasteiger partial charge in [0.15, 0.2) is 11.6 Å². The minimum atomic E-state index is -0.807. The van der Waals surface area contributed by atoms with Crippen LogP contribution >= 0.6 is 0 Å². The molecule has 0 radical (unpaired) electrons. The molecule has 0 aliphatic carbocycles. The first-order valence-corrected chi connectivity index (χ1v) is 7.70. The maximum absolute atomic E-state index is 12.6. The number of hydrogen-bond donors (Lipinski definition) is 1. The van der Waals surface area contributed by atoms with Gasteiger partial charge in [0, 0.05) is 24.0 Å². The number of nitrogens with zero attached hydrogens (tertiary/aromatic N) is 3. The van der Waals surface area contributed by atoms with Gasteiger partial charge in [-0.05, 0) is 33.3 Å². The number of aryl methyl sites for hydroxylation is 2. The first-order chi connectivity index (χ1) is 11.7. The van der Waals surface area contributed by atoms with Crippen molar-refractivity contribution in [1.29, 1.82) is 5.26 Å². The smallest absolute Gasteiger partial charge is 0.331 e. The zero-order valence-electron chi connectivity index (χ0n) is 14.5. The lowest BCUT2D eigenvalue weighted by Crippen LogP contribution is -2.42. The number of aromatic nitrogens is 3. The maximum atomic E-state index is 12.6. The number of carbonyl (C=O) groups is 2. The highest BCUT2D eigenvalue weighted by atomic mass is 16.2. The van der Waals surface area contributed by atoms with E-state index in [-0.39, 0.29) is 23.6 Å². The SMILES string of the molecule is CCn1cc(C#N)c(=O)n(CC(=O)c2[nH]c(C)c(C(C)=O)c2C)c1=O. The first kappa shape index (κ1) is 18.1. The minimum Gasteiger partial charge on any atom is -0.355 e. The summed E-state index contributed by atoms with van der Waals surface area (Å²) in [7, 11) is 0. The Morgan fingerprint density at radius 2 is 1.92 bits per heavy atom. The van der Waals surface area contributed by atoms with E-state index < -0.39 is 23.6 Å². The van der Waals surface area contributed by atoms with Gasteiger partial charge in [-0.15, -0.1) is 0 Å². The van der Waals surface area contributed by atoms with E-state index in [2.05, 4.69) is 4.98 Å². The third-order valence-corrected chi connectivity index (χ3v) is 4.07. The van der Waals surface area contributed by atoms with Crippen LogP contribution in [0.5, 0.6) is 0 Å². The van der Waals surface area contributed by atoms with E-state index in [0.717, 1.165) is 4.57 Å². The van der Waals surface area contributed by atoms with Crippen molar-refractivity contribution in [1.82, 2.24) is 14.1 Å².